The summed E-state index contributed by atoms with van der Waals surface area (Å²) in [5.74, 6) is 0.761. The van der Waals surface area contributed by atoms with Crippen LogP contribution in [0.25, 0.3) is 0 Å². The fourth-order valence-corrected chi connectivity index (χ4v) is 2.26. The highest BCUT2D eigenvalue weighted by molar-refractivity contribution is 9.10. The van der Waals surface area contributed by atoms with E-state index in [0.29, 0.717) is 5.69 Å². The van der Waals surface area contributed by atoms with Crippen LogP contribution in [0.4, 0.5) is 11.4 Å². The van der Waals surface area contributed by atoms with Gasteiger partial charge in [-0.25, -0.2) is 0 Å². The zero-order valence-corrected chi connectivity index (χ0v) is 10.6. The number of halogens is 1. The average molecular weight is 270 g/mol. The number of rotatable bonds is 3. The van der Waals surface area contributed by atoms with Crippen LogP contribution in [0.15, 0.2) is 16.9 Å². The van der Waals surface area contributed by atoms with E-state index in [-0.39, 0.29) is 5.54 Å². The van der Waals surface area contributed by atoms with Crippen LogP contribution in [0.3, 0.4) is 0 Å². The summed E-state index contributed by atoms with van der Waals surface area (Å²) in [7, 11) is 0. The molecule has 1 heterocycles. The summed E-state index contributed by atoms with van der Waals surface area (Å²) in [5, 5.41) is 3.50. The van der Waals surface area contributed by atoms with Crippen LogP contribution >= 0.6 is 15.9 Å². The van der Waals surface area contributed by atoms with Crippen LogP contribution in [0.2, 0.25) is 0 Å². The number of pyridine rings is 1. The van der Waals surface area contributed by atoms with Crippen molar-refractivity contribution >= 4 is 27.3 Å². The molecule has 82 valence electrons. The van der Waals surface area contributed by atoms with Crippen LogP contribution in [-0.2, 0) is 0 Å². The molecular weight excluding hydrogens is 254 g/mol. The molecule has 0 saturated heterocycles. The Morgan fingerprint density at radius 3 is 2.67 bits per heavy atom. The summed E-state index contributed by atoms with van der Waals surface area (Å²) in [5.41, 5.74) is 7.66. The molecule has 3 N–H and O–H groups in total. The average Bonchev–Trinajstić information content (AvgIpc) is 2.94. The van der Waals surface area contributed by atoms with Gasteiger partial charge in [0, 0.05) is 11.7 Å². The van der Waals surface area contributed by atoms with Crippen LogP contribution < -0.4 is 11.1 Å². The number of nitrogens with zero attached hydrogens (tertiary/aromatic N) is 1. The van der Waals surface area contributed by atoms with Gasteiger partial charge in [-0.1, -0.05) is 0 Å². The molecule has 1 aliphatic rings. The molecular formula is C11H16BrN3. The van der Waals surface area contributed by atoms with Crippen LogP contribution in [0, 0.1) is 5.92 Å². The van der Waals surface area contributed by atoms with Crippen molar-refractivity contribution < 1.29 is 0 Å². The van der Waals surface area contributed by atoms with Crippen molar-refractivity contribution in [1.29, 1.82) is 0 Å². The Kier molecular flexibility index (Phi) is 2.63. The fraction of sp³-hybridized carbons (Fsp3) is 0.545. The molecule has 3 nitrogen and oxygen atoms in total. The van der Waals surface area contributed by atoms with Gasteiger partial charge in [-0.2, -0.15) is 0 Å². The highest BCUT2D eigenvalue weighted by Crippen LogP contribution is 2.42. The number of nitrogens with two attached hydrogens (primary N) is 1. The lowest BCUT2D eigenvalue weighted by molar-refractivity contribution is 0.494. The van der Waals surface area contributed by atoms with Gasteiger partial charge in [-0.15, -0.1) is 0 Å². The maximum atomic E-state index is 5.89. The molecule has 0 aromatic carbocycles. The number of nitrogens with one attached hydrogen (secondary N) is 1. The minimum Gasteiger partial charge on any atom is -0.396 e. The second kappa shape index (κ2) is 3.67. The normalized spacial score (nSPS) is 16.5. The van der Waals surface area contributed by atoms with E-state index in [9.17, 15) is 0 Å². The van der Waals surface area contributed by atoms with Crippen molar-refractivity contribution in [2.45, 2.75) is 32.2 Å². The van der Waals surface area contributed by atoms with Gasteiger partial charge in [0.1, 0.15) is 0 Å². The molecule has 0 amide bonds. The highest BCUT2D eigenvalue weighted by atomic mass is 79.9. The maximum absolute atomic E-state index is 5.89. The van der Waals surface area contributed by atoms with Crippen LogP contribution in [-0.4, -0.2) is 10.5 Å². The Morgan fingerprint density at radius 1 is 1.47 bits per heavy atom. The summed E-state index contributed by atoms with van der Waals surface area (Å²) in [6, 6.07) is 0. The standard InChI is InChI=1S/C11H16BrN3/c1-11(2,7-3-4-7)15-10-8(12)5-14-6-9(10)13/h5-7H,3-4,13H2,1-2H3,(H,14,15). The van der Waals surface area contributed by atoms with E-state index in [4.69, 9.17) is 5.73 Å². The third-order valence-corrected chi connectivity index (χ3v) is 3.58. The Labute approximate surface area is 98.6 Å². The van der Waals surface area contributed by atoms with Gasteiger partial charge in [-0.3, -0.25) is 4.98 Å². The Hall–Kier alpha value is -0.770. The summed E-state index contributed by atoms with van der Waals surface area (Å²) in [4.78, 5) is 4.02. The Morgan fingerprint density at radius 2 is 2.13 bits per heavy atom. The Bertz CT molecular complexity index is 352. The lowest BCUT2D eigenvalue weighted by atomic mass is 9.98. The molecule has 0 radical (unpaired) electrons. The monoisotopic (exact) mass is 269 g/mol. The van der Waals surface area contributed by atoms with Gasteiger partial charge in [0.2, 0.25) is 0 Å². The summed E-state index contributed by atoms with van der Waals surface area (Å²) < 4.78 is 0.927. The Balaban J connectivity index is 2.23. The smallest absolute Gasteiger partial charge is 0.0754 e. The second-order valence-electron chi connectivity index (χ2n) is 4.71. The first-order valence-electron chi connectivity index (χ1n) is 5.18. The number of nitrogen functional groups attached to an aromatic ring is 1. The molecule has 1 fully saturated rings. The molecule has 1 saturated carbocycles. The van der Waals surface area contributed by atoms with Crippen molar-refractivity contribution in [2.75, 3.05) is 11.1 Å². The number of aromatic nitrogens is 1. The molecule has 0 aliphatic heterocycles. The minimum absolute atomic E-state index is 0.109. The molecule has 0 spiro atoms. The van der Waals surface area contributed by atoms with Crippen molar-refractivity contribution in [3.63, 3.8) is 0 Å². The molecule has 15 heavy (non-hydrogen) atoms. The van der Waals surface area contributed by atoms with E-state index < -0.39 is 0 Å². The first-order valence-corrected chi connectivity index (χ1v) is 5.97. The number of hydrogen-bond donors (Lipinski definition) is 2. The van der Waals surface area contributed by atoms with Crippen molar-refractivity contribution in [3.05, 3.63) is 16.9 Å². The molecule has 0 atom stereocenters. The van der Waals surface area contributed by atoms with E-state index in [0.717, 1.165) is 16.1 Å². The van der Waals surface area contributed by atoms with Gasteiger partial charge in [0.25, 0.3) is 0 Å². The van der Waals surface area contributed by atoms with Gasteiger partial charge >= 0.3 is 0 Å². The summed E-state index contributed by atoms with van der Waals surface area (Å²) in [6.45, 7) is 4.44. The molecule has 1 aromatic rings. The van der Waals surface area contributed by atoms with Gasteiger partial charge in [0.05, 0.1) is 22.0 Å². The van der Waals surface area contributed by atoms with Gasteiger partial charge in [0.15, 0.2) is 0 Å². The quantitative estimate of drug-likeness (QED) is 0.887. The van der Waals surface area contributed by atoms with E-state index in [1.807, 2.05) is 0 Å². The molecule has 2 rings (SSSR count). The maximum Gasteiger partial charge on any atom is 0.0754 e. The fourth-order valence-electron chi connectivity index (χ4n) is 1.81. The predicted octanol–water partition coefficient (Wildman–Crippen LogP) is 3.03. The second-order valence-corrected chi connectivity index (χ2v) is 5.56. The first-order chi connectivity index (χ1) is 7.00. The zero-order chi connectivity index (χ0) is 11.1. The zero-order valence-electron chi connectivity index (χ0n) is 9.05. The third kappa shape index (κ3) is 2.25. The van der Waals surface area contributed by atoms with E-state index in [1.165, 1.54) is 12.8 Å². The SMILES string of the molecule is CC(C)(Nc1c(N)cncc1Br)C1CC1. The predicted molar refractivity (Wildman–Crippen MR) is 66.8 cm³/mol. The van der Waals surface area contributed by atoms with Crippen LogP contribution in [0.5, 0.6) is 0 Å². The van der Waals surface area contributed by atoms with E-state index in [2.05, 4.69) is 40.1 Å². The highest BCUT2D eigenvalue weighted by Gasteiger charge is 2.38. The lowest BCUT2D eigenvalue weighted by Crippen LogP contribution is -2.33. The molecule has 0 unspecified atom stereocenters. The summed E-state index contributed by atoms with van der Waals surface area (Å²) >= 11 is 3.46. The van der Waals surface area contributed by atoms with Crippen molar-refractivity contribution in [1.82, 2.24) is 4.98 Å². The van der Waals surface area contributed by atoms with E-state index in [1.54, 1.807) is 12.4 Å². The number of hydrogen-bond acceptors (Lipinski definition) is 3. The van der Waals surface area contributed by atoms with Crippen molar-refractivity contribution in [2.24, 2.45) is 5.92 Å². The topological polar surface area (TPSA) is 50.9 Å². The summed E-state index contributed by atoms with van der Waals surface area (Å²) in [6.07, 6.45) is 6.06. The van der Waals surface area contributed by atoms with Gasteiger partial charge < -0.3 is 11.1 Å². The van der Waals surface area contributed by atoms with E-state index >= 15 is 0 Å². The molecule has 1 aromatic heterocycles. The van der Waals surface area contributed by atoms with Crippen molar-refractivity contribution in [3.8, 4) is 0 Å². The van der Waals surface area contributed by atoms with Gasteiger partial charge in [-0.05, 0) is 48.5 Å². The van der Waals surface area contributed by atoms with Crippen LogP contribution in [0.1, 0.15) is 26.7 Å². The first kappa shape index (κ1) is 10.7. The molecule has 4 heteroatoms. The number of anilines is 2. The molecule has 1 aliphatic carbocycles. The lowest BCUT2D eigenvalue weighted by Gasteiger charge is -2.28. The minimum atomic E-state index is 0.109. The largest absolute Gasteiger partial charge is 0.396 e. The third-order valence-electron chi connectivity index (χ3n) is 2.97. The molecule has 0 bridgehead atoms.